The zero-order valence-corrected chi connectivity index (χ0v) is 21.8. The fourth-order valence-corrected chi connectivity index (χ4v) is 5.19. The Bertz CT molecular complexity index is 868. The maximum Gasteiger partial charge on any atom is 0.106 e. The second-order valence-corrected chi connectivity index (χ2v) is 9.89. The molecule has 1 heterocycles. The van der Waals surface area contributed by atoms with E-state index in [0.717, 1.165) is 43.2 Å². The summed E-state index contributed by atoms with van der Waals surface area (Å²) < 4.78 is 0. The molecule has 0 bridgehead atoms. The molecule has 1 aliphatic heterocycles. The van der Waals surface area contributed by atoms with Gasteiger partial charge in [-0.2, -0.15) is 0 Å². The van der Waals surface area contributed by atoms with E-state index < -0.39 is 0 Å². The highest BCUT2D eigenvalue weighted by molar-refractivity contribution is 7.99. The van der Waals surface area contributed by atoms with Crippen LogP contribution in [-0.2, 0) is 0 Å². The lowest BCUT2D eigenvalue weighted by Crippen LogP contribution is -2.41. The van der Waals surface area contributed by atoms with Crippen molar-refractivity contribution in [3.63, 3.8) is 0 Å². The summed E-state index contributed by atoms with van der Waals surface area (Å²) in [6.07, 6.45) is 1.13. The molecule has 0 radical (unpaired) electrons. The smallest absolute Gasteiger partial charge is 0.106 e. The summed E-state index contributed by atoms with van der Waals surface area (Å²) in [4.78, 5) is 8.48. The van der Waals surface area contributed by atoms with Crippen LogP contribution in [0.3, 0.4) is 0 Å². The van der Waals surface area contributed by atoms with Crippen LogP contribution in [0.5, 0.6) is 0 Å². The molecule has 2 aromatic rings. The molecule has 0 spiro atoms. The molecule has 1 unspecified atom stereocenters. The first kappa shape index (κ1) is 26.0. The molecule has 0 saturated heterocycles. The fraction of sp³-hybridized carbons (Fsp3) is 0.480. The predicted molar refractivity (Wildman–Crippen MR) is 143 cm³/mol. The van der Waals surface area contributed by atoms with Gasteiger partial charge in [0.05, 0.1) is 11.4 Å². The number of thiocarbonyl (C=S) groups is 1. The lowest BCUT2D eigenvalue weighted by atomic mass is 10.1. The number of benzene rings is 2. The highest BCUT2D eigenvalue weighted by Gasteiger charge is 2.28. The molecular formula is C25H36ClN3S2. The van der Waals surface area contributed by atoms with Crippen molar-refractivity contribution in [3.8, 4) is 0 Å². The summed E-state index contributed by atoms with van der Waals surface area (Å²) in [7, 11) is 0. The quantitative estimate of drug-likeness (QED) is 0.401. The maximum absolute atomic E-state index is 5.72. The standard InChI is InChI=1S/C25H35N3S2.ClH/c1-6-27(7-2)17-19(5)28-21-10-8-9-11-23(21)30-24-13-12-20(16-22(24)28)25(29)26-15-14-18(3)4;/h8-13,16,18-19H,6-7,14-15,17H2,1-5H3,(H,26,29);1H. The van der Waals surface area contributed by atoms with Crippen LogP contribution in [0, 0.1) is 5.92 Å². The van der Waals surface area contributed by atoms with Crippen LogP contribution in [0.1, 0.15) is 46.6 Å². The monoisotopic (exact) mass is 477 g/mol. The fourth-order valence-electron chi connectivity index (χ4n) is 3.91. The van der Waals surface area contributed by atoms with E-state index >= 15 is 0 Å². The normalized spacial score (nSPS) is 13.5. The average molecular weight is 478 g/mol. The summed E-state index contributed by atoms with van der Waals surface area (Å²) >= 11 is 7.58. The number of hydrogen-bond acceptors (Lipinski definition) is 4. The first-order valence-electron chi connectivity index (χ1n) is 11.1. The Hall–Kier alpha value is -1.27. The van der Waals surface area contributed by atoms with Crippen molar-refractivity contribution in [1.29, 1.82) is 0 Å². The van der Waals surface area contributed by atoms with Crippen LogP contribution in [0.15, 0.2) is 52.3 Å². The number of nitrogens with zero attached hydrogens (tertiary/aromatic N) is 2. The SMILES string of the molecule is CCN(CC)CC(C)N1c2ccccc2Sc2ccc(C(=S)NCCC(C)C)cc21.Cl. The van der Waals surface area contributed by atoms with E-state index in [-0.39, 0.29) is 12.4 Å². The van der Waals surface area contributed by atoms with Gasteiger partial charge in [-0.15, -0.1) is 12.4 Å². The van der Waals surface area contributed by atoms with Gasteiger partial charge in [-0.25, -0.2) is 0 Å². The van der Waals surface area contributed by atoms with E-state index in [1.54, 1.807) is 0 Å². The van der Waals surface area contributed by atoms with Crippen LogP contribution in [-0.4, -0.2) is 42.1 Å². The Kier molecular flexibility index (Phi) is 10.1. The van der Waals surface area contributed by atoms with E-state index in [1.807, 2.05) is 11.8 Å². The van der Waals surface area contributed by atoms with E-state index in [1.165, 1.54) is 21.2 Å². The van der Waals surface area contributed by atoms with Gasteiger partial charge in [0.1, 0.15) is 4.99 Å². The van der Waals surface area contributed by atoms with Crippen molar-refractivity contribution in [2.75, 3.05) is 31.1 Å². The van der Waals surface area contributed by atoms with Gasteiger partial charge >= 0.3 is 0 Å². The molecule has 1 N–H and O–H groups in total. The molecule has 6 heteroatoms. The van der Waals surface area contributed by atoms with E-state index in [2.05, 4.69) is 92.2 Å². The molecule has 3 rings (SSSR count). The number of rotatable bonds is 9. The Morgan fingerprint density at radius 2 is 1.71 bits per heavy atom. The van der Waals surface area contributed by atoms with Gasteiger partial charge in [-0.3, -0.25) is 0 Å². The Balaban J connectivity index is 0.00000341. The highest BCUT2D eigenvalue weighted by Crippen LogP contribution is 2.49. The van der Waals surface area contributed by atoms with Crippen molar-refractivity contribution < 1.29 is 0 Å². The lowest BCUT2D eigenvalue weighted by molar-refractivity contribution is 0.288. The van der Waals surface area contributed by atoms with Crippen LogP contribution in [0.2, 0.25) is 0 Å². The van der Waals surface area contributed by atoms with Crippen molar-refractivity contribution in [3.05, 3.63) is 48.0 Å². The Morgan fingerprint density at radius 3 is 2.39 bits per heavy atom. The third-order valence-corrected chi connectivity index (χ3v) is 7.20. The van der Waals surface area contributed by atoms with Crippen molar-refractivity contribution in [1.82, 2.24) is 10.2 Å². The molecule has 0 fully saturated rings. The first-order valence-corrected chi connectivity index (χ1v) is 12.4. The molecule has 0 saturated carbocycles. The summed E-state index contributed by atoms with van der Waals surface area (Å²) in [5.41, 5.74) is 3.67. The number of hydrogen-bond donors (Lipinski definition) is 1. The summed E-state index contributed by atoms with van der Waals surface area (Å²) in [5, 5.41) is 3.45. The third-order valence-electron chi connectivity index (χ3n) is 5.69. The van der Waals surface area contributed by atoms with Gasteiger partial charge in [-0.05, 0) is 56.6 Å². The van der Waals surface area contributed by atoms with Crippen LogP contribution in [0.4, 0.5) is 11.4 Å². The first-order chi connectivity index (χ1) is 14.4. The number of halogens is 1. The summed E-state index contributed by atoms with van der Waals surface area (Å²) in [6, 6.07) is 15.8. The molecule has 31 heavy (non-hydrogen) atoms. The molecule has 1 atom stereocenters. The average Bonchev–Trinajstić information content (AvgIpc) is 2.74. The van der Waals surface area contributed by atoms with Crippen molar-refractivity contribution >= 4 is 52.8 Å². The molecule has 0 aliphatic carbocycles. The highest BCUT2D eigenvalue weighted by atomic mass is 35.5. The molecule has 1 aliphatic rings. The minimum absolute atomic E-state index is 0. The van der Waals surface area contributed by atoms with Gasteiger partial charge in [0.2, 0.25) is 0 Å². The molecule has 0 amide bonds. The maximum atomic E-state index is 5.72. The molecule has 170 valence electrons. The number of likely N-dealkylation sites (N-methyl/N-ethyl adjacent to an activating group) is 1. The molecular weight excluding hydrogens is 442 g/mol. The zero-order chi connectivity index (χ0) is 21.7. The minimum Gasteiger partial charge on any atom is -0.376 e. The van der Waals surface area contributed by atoms with E-state index in [0.29, 0.717) is 12.0 Å². The number of anilines is 2. The summed E-state index contributed by atoms with van der Waals surface area (Å²) in [6.45, 7) is 15.4. The van der Waals surface area contributed by atoms with Crippen molar-refractivity contribution in [2.45, 2.75) is 56.9 Å². The van der Waals surface area contributed by atoms with Crippen LogP contribution < -0.4 is 10.2 Å². The zero-order valence-electron chi connectivity index (χ0n) is 19.4. The topological polar surface area (TPSA) is 18.5 Å². The van der Waals surface area contributed by atoms with Crippen LogP contribution in [0.25, 0.3) is 0 Å². The second kappa shape index (κ2) is 12.1. The minimum atomic E-state index is 0. The third kappa shape index (κ3) is 6.38. The molecule has 2 aromatic carbocycles. The van der Waals surface area contributed by atoms with E-state index in [9.17, 15) is 0 Å². The lowest BCUT2D eigenvalue weighted by Gasteiger charge is -2.39. The van der Waals surface area contributed by atoms with E-state index in [4.69, 9.17) is 12.2 Å². The van der Waals surface area contributed by atoms with Gasteiger partial charge in [0.15, 0.2) is 0 Å². The van der Waals surface area contributed by atoms with Crippen molar-refractivity contribution in [2.24, 2.45) is 5.92 Å². The predicted octanol–water partition coefficient (Wildman–Crippen LogP) is 6.75. The Morgan fingerprint density at radius 1 is 1.03 bits per heavy atom. The van der Waals surface area contributed by atoms with Crippen LogP contribution >= 0.6 is 36.4 Å². The largest absolute Gasteiger partial charge is 0.376 e. The van der Waals surface area contributed by atoms with Gasteiger partial charge in [0.25, 0.3) is 0 Å². The van der Waals surface area contributed by atoms with Gasteiger partial charge in [0, 0.05) is 34.5 Å². The molecule has 3 nitrogen and oxygen atoms in total. The molecule has 0 aromatic heterocycles. The number of fused-ring (bicyclic) bond motifs is 2. The number of nitrogens with one attached hydrogen (secondary N) is 1. The Labute approximate surface area is 204 Å². The van der Waals surface area contributed by atoms with Gasteiger partial charge < -0.3 is 15.1 Å². The van der Waals surface area contributed by atoms with Gasteiger partial charge in [-0.1, -0.05) is 69.9 Å². The summed E-state index contributed by atoms with van der Waals surface area (Å²) in [5.74, 6) is 0.674. The second-order valence-electron chi connectivity index (χ2n) is 8.40. The number of para-hydroxylation sites is 1.